The number of carbonyl (C=O) groups excluding carboxylic acids is 2. The van der Waals surface area contributed by atoms with Crippen LogP contribution in [0.3, 0.4) is 0 Å². The Morgan fingerprint density at radius 1 is 1.07 bits per heavy atom. The molecular weight excluding hydrogens is 342 g/mol. The summed E-state index contributed by atoms with van der Waals surface area (Å²) < 4.78 is 5.46. The fourth-order valence-electron chi connectivity index (χ4n) is 3.46. The molecule has 0 saturated carbocycles. The molecule has 6 heteroatoms. The predicted molar refractivity (Wildman–Crippen MR) is 104 cm³/mol. The molecule has 0 radical (unpaired) electrons. The SMILES string of the molecule is COc1cc(C)c(C)cc1CC(=O)N1CCCN(C(=O)c2ccc[nH]2)CC1. The third-order valence-electron chi connectivity index (χ3n) is 5.20. The number of aryl methyl sites for hydroxylation is 2. The smallest absolute Gasteiger partial charge is 0.270 e. The molecule has 1 N–H and O–H groups in total. The highest BCUT2D eigenvalue weighted by Crippen LogP contribution is 2.24. The third kappa shape index (κ3) is 4.32. The minimum Gasteiger partial charge on any atom is -0.496 e. The van der Waals surface area contributed by atoms with Crippen molar-refractivity contribution in [3.63, 3.8) is 0 Å². The van der Waals surface area contributed by atoms with Gasteiger partial charge >= 0.3 is 0 Å². The second-order valence-corrected chi connectivity index (χ2v) is 7.04. The van der Waals surface area contributed by atoms with Crippen LogP contribution in [0.4, 0.5) is 0 Å². The third-order valence-corrected chi connectivity index (χ3v) is 5.20. The van der Waals surface area contributed by atoms with E-state index in [-0.39, 0.29) is 11.8 Å². The molecule has 1 aromatic carbocycles. The highest BCUT2D eigenvalue weighted by Gasteiger charge is 2.24. The Morgan fingerprint density at radius 3 is 2.48 bits per heavy atom. The van der Waals surface area contributed by atoms with Crippen LogP contribution in [0.1, 0.15) is 33.6 Å². The van der Waals surface area contributed by atoms with Crippen LogP contribution in [0.2, 0.25) is 0 Å². The lowest BCUT2D eigenvalue weighted by Crippen LogP contribution is -2.38. The van der Waals surface area contributed by atoms with Gasteiger partial charge in [0.25, 0.3) is 5.91 Å². The van der Waals surface area contributed by atoms with Crippen LogP contribution >= 0.6 is 0 Å². The van der Waals surface area contributed by atoms with Crippen molar-refractivity contribution in [2.24, 2.45) is 0 Å². The summed E-state index contributed by atoms with van der Waals surface area (Å²) in [6.07, 6.45) is 2.84. The Kier molecular flexibility index (Phi) is 5.84. The van der Waals surface area contributed by atoms with Crippen LogP contribution < -0.4 is 4.74 Å². The van der Waals surface area contributed by atoms with Crippen molar-refractivity contribution < 1.29 is 14.3 Å². The summed E-state index contributed by atoms with van der Waals surface area (Å²) in [6.45, 7) is 6.51. The molecule has 2 heterocycles. The number of benzene rings is 1. The zero-order valence-electron chi connectivity index (χ0n) is 16.2. The number of H-pyrrole nitrogens is 1. The number of nitrogens with zero attached hydrogens (tertiary/aromatic N) is 2. The monoisotopic (exact) mass is 369 g/mol. The number of amides is 2. The van der Waals surface area contributed by atoms with Gasteiger partial charge < -0.3 is 19.5 Å². The normalized spacial score (nSPS) is 14.8. The van der Waals surface area contributed by atoms with Crippen LogP contribution in [0.15, 0.2) is 30.5 Å². The van der Waals surface area contributed by atoms with Crippen molar-refractivity contribution in [3.8, 4) is 5.75 Å². The van der Waals surface area contributed by atoms with E-state index in [9.17, 15) is 9.59 Å². The summed E-state index contributed by atoms with van der Waals surface area (Å²) >= 11 is 0. The zero-order valence-corrected chi connectivity index (χ0v) is 16.2. The first-order chi connectivity index (χ1) is 13.0. The van der Waals surface area contributed by atoms with Gasteiger partial charge in [0, 0.05) is 37.9 Å². The van der Waals surface area contributed by atoms with Crippen molar-refractivity contribution >= 4 is 11.8 Å². The number of methoxy groups -OCH3 is 1. The first kappa shape index (κ1) is 19.0. The van der Waals surface area contributed by atoms with E-state index >= 15 is 0 Å². The van der Waals surface area contributed by atoms with Gasteiger partial charge in [0.05, 0.1) is 13.5 Å². The maximum absolute atomic E-state index is 12.9. The van der Waals surface area contributed by atoms with Crippen LogP contribution in [0.5, 0.6) is 5.75 Å². The van der Waals surface area contributed by atoms with Crippen molar-refractivity contribution in [2.45, 2.75) is 26.7 Å². The molecule has 0 spiro atoms. The molecule has 1 saturated heterocycles. The standard InChI is InChI=1S/C21H27N3O3/c1-15-12-17(19(27-3)13-16(15)2)14-20(25)23-8-5-9-24(11-10-23)21(26)18-6-4-7-22-18/h4,6-7,12-13,22H,5,8-11,14H2,1-3H3. The molecule has 1 aliphatic heterocycles. The largest absolute Gasteiger partial charge is 0.496 e. The first-order valence-electron chi connectivity index (χ1n) is 9.34. The molecule has 0 unspecified atom stereocenters. The quantitative estimate of drug-likeness (QED) is 0.901. The molecule has 1 fully saturated rings. The fraction of sp³-hybridized carbons (Fsp3) is 0.429. The average molecular weight is 369 g/mol. The Morgan fingerprint density at radius 2 is 1.78 bits per heavy atom. The maximum Gasteiger partial charge on any atom is 0.270 e. The summed E-state index contributed by atoms with van der Waals surface area (Å²) in [5, 5.41) is 0. The minimum absolute atomic E-state index is 0.00914. The molecule has 27 heavy (non-hydrogen) atoms. The lowest BCUT2D eigenvalue weighted by Gasteiger charge is -2.22. The summed E-state index contributed by atoms with van der Waals surface area (Å²) in [4.78, 5) is 32.0. The topological polar surface area (TPSA) is 65.6 Å². The maximum atomic E-state index is 12.9. The second-order valence-electron chi connectivity index (χ2n) is 7.04. The van der Waals surface area contributed by atoms with E-state index < -0.39 is 0 Å². The van der Waals surface area contributed by atoms with Crippen LogP contribution in [0.25, 0.3) is 0 Å². The molecule has 1 aliphatic rings. The molecule has 6 nitrogen and oxygen atoms in total. The van der Waals surface area contributed by atoms with Crippen molar-refractivity contribution in [1.29, 1.82) is 0 Å². The van der Waals surface area contributed by atoms with Gasteiger partial charge in [-0.05, 0) is 49.6 Å². The summed E-state index contributed by atoms with van der Waals surface area (Å²) in [6, 6.07) is 7.61. The molecule has 1 aromatic heterocycles. The van der Waals surface area contributed by atoms with Crippen molar-refractivity contribution in [1.82, 2.24) is 14.8 Å². The molecule has 3 rings (SSSR count). The van der Waals surface area contributed by atoms with Gasteiger partial charge in [0.15, 0.2) is 0 Å². The number of ether oxygens (including phenoxy) is 1. The number of nitrogens with one attached hydrogen (secondary N) is 1. The molecule has 144 valence electrons. The number of hydrogen-bond acceptors (Lipinski definition) is 3. The van der Waals surface area contributed by atoms with Gasteiger partial charge in [-0.1, -0.05) is 6.07 Å². The molecule has 0 atom stereocenters. The Labute approximate surface area is 160 Å². The van der Waals surface area contributed by atoms with Gasteiger partial charge in [-0.3, -0.25) is 9.59 Å². The lowest BCUT2D eigenvalue weighted by molar-refractivity contribution is -0.130. The fourth-order valence-corrected chi connectivity index (χ4v) is 3.46. The van der Waals surface area contributed by atoms with Gasteiger partial charge in [0.2, 0.25) is 5.91 Å². The van der Waals surface area contributed by atoms with Crippen LogP contribution in [-0.2, 0) is 11.2 Å². The highest BCUT2D eigenvalue weighted by atomic mass is 16.5. The summed E-state index contributed by atoms with van der Waals surface area (Å²) in [7, 11) is 1.63. The van der Waals surface area contributed by atoms with E-state index in [1.165, 1.54) is 0 Å². The van der Waals surface area contributed by atoms with Gasteiger partial charge in [-0.25, -0.2) is 0 Å². The van der Waals surface area contributed by atoms with Crippen LogP contribution in [0, 0.1) is 13.8 Å². The summed E-state index contributed by atoms with van der Waals surface area (Å²) in [5.74, 6) is 0.820. The predicted octanol–water partition coefficient (Wildman–Crippen LogP) is 2.56. The number of aromatic amines is 1. The highest BCUT2D eigenvalue weighted by molar-refractivity contribution is 5.92. The molecule has 0 bridgehead atoms. The van der Waals surface area contributed by atoms with E-state index in [1.807, 2.05) is 41.8 Å². The number of carbonyl (C=O) groups is 2. The molecule has 2 amide bonds. The van der Waals surface area contributed by atoms with Gasteiger partial charge in [-0.2, -0.15) is 0 Å². The Hall–Kier alpha value is -2.76. The van der Waals surface area contributed by atoms with Gasteiger partial charge in [0.1, 0.15) is 11.4 Å². The number of hydrogen-bond donors (Lipinski definition) is 1. The van der Waals surface area contributed by atoms with Crippen molar-refractivity contribution in [3.05, 3.63) is 52.8 Å². The Bertz CT molecular complexity index is 814. The van der Waals surface area contributed by atoms with E-state index in [0.29, 0.717) is 38.3 Å². The van der Waals surface area contributed by atoms with E-state index in [2.05, 4.69) is 4.98 Å². The second kappa shape index (κ2) is 8.29. The molecule has 2 aromatic rings. The molecule has 0 aliphatic carbocycles. The first-order valence-corrected chi connectivity index (χ1v) is 9.34. The van der Waals surface area contributed by atoms with Crippen LogP contribution in [-0.4, -0.2) is 59.9 Å². The average Bonchev–Trinajstić information content (AvgIpc) is 3.08. The van der Waals surface area contributed by atoms with E-state index in [0.717, 1.165) is 28.9 Å². The van der Waals surface area contributed by atoms with E-state index in [4.69, 9.17) is 4.74 Å². The molecular formula is C21H27N3O3. The lowest BCUT2D eigenvalue weighted by atomic mass is 10.0. The van der Waals surface area contributed by atoms with E-state index in [1.54, 1.807) is 19.4 Å². The minimum atomic E-state index is -0.00914. The number of rotatable bonds is 4. The summed E-state index contributed by atoms with van der Waals surface area (Å²) in [5.41, 5.74) is 3.80. The zero-order chi connectivity index (χ0) is 19.4. The number of aromatic nitrogens is 1. The Balaban J connectivity index is 1.65. The van der Waals surface area contributed by atoms with Gasteiger partial charge in [-0.15, -0.1) is 0 Å². The van der Waals surface area contributed by atoms with Crippen molar-refractivity contribution in [2.75, 3.05) is 33.3 Å².